The van der Waals surface area contributed by atoms with Crippen LogP contribution in [0.25, 0.3) is 11.7 Å². The number of ether oxygens (including phenoxy) is 1. The molecule has 0 unspecified atom stereocenters. The van der Waals surface area contributed by atoms with E-state index in [2.05, 4.69) is 43.0 Å². The van der Waals surface area contributed by atoms with E-state index >= 15 is 0 Å². The monoisotopic (exact) mass is 512 g/mol. The van der Waals surface area contributed by atoms with Crippen LogP contribution in [-0.2, 0) is 14.3 Å². The molecule has 1 aliphatic heterocycles. The standard InChI is InChI=1S/C16H22N6O.C8H7F.C2H6O.CH2O/c1-17-12-7-9-21(10-8-12)14-4-2-3-13-18-16(20-22(13)14)19-15(23)11-5-6-11;1-2-7-4-3-5-8(9)6-7;1-3-2;1-2/h2-4,11-12,17H,5-10H2,1H3,(H,19,20,23);2-6H,1H2;1-2H3;1H2. The molecule has 2 fully saturated rings. The quantitative estimate of drug-likeness (QED) is 0.536. The van der Waals surface area contributed by atoms with E-state index in [0.717, 1.165) is 55.8 Å². The molecule has 1 aromatic carbocycles. The van der Waals surface area contributed by atoms with Gasteiger partial charge in [-0.3, -0.25) is 10.1 Å². The van der Waals surface area contributed by atoms with Gasteiger partial charge in [-0.2, -0.15) is 9.50 Å². The molecule has 1 amide bonds. The minimum absolute atomic E-state index is 0.0392. The van der Waals surface area contributed by atoms with Gasteiger partial charge in [-0.1, -0.05) is 30.9 Å². The fraction of sp³-hybridized carbons (Fsp3) is 0.407. The van der Waals surface area contributed by atoms with Crippen molar-refractivity contribution in [2.45, 2.75) is 31.7 Å². The zero-order valence-electron chi connectivity index (χ0n) is 21.8. The fourth-order valence-electron chi connectivity index (χ4n) is 3.77. The number of rotatable bonds is 5. The third-order valence-corrected chi connectivity index (χ3v) is 5.83. The van der Waals surface area contributed by atoms with Gasteiger partial charge in [0, 0.05) is 39.3 Å². The van der Waals surface area contributed by atoms with Crippen LogP contribution in [0.15, 0.2) is 49.0 Å². The lowest BCUT2D eigenvalue weighted by atomic mass is 10.1. The Hall–Kier alpha value is -3.63. The van der Waals surface area contributed by atoms with Gasteiger partial charge in [0.05, 0.1) is 0 Å². The number of methoxy groups -OCH3 is 1. The van der Waals surface area contributed by atoms with Crippen LogP contribution >= 0.6 is 0 Å². The molecule has 3 heterocycles. The van der Waals surface area contributed by atoms with Gasteiger partial charge in [0.25, 0.3) is 0 Å². The molecule has 9 nitrogen and oxygen atoms in total. The molecular weight excluding hydrogens is 475 g/mol. The fourth-order valence-corrected chi connectivity index (χ4v) is 3.77. The van der Waals surface area contributed by atoms with Gasteiger partial charge < -0.3 is 19.7 Å². The Bertz CT molecular complexity index is 1130. The maximum Gasteiger partial charge on any atom is 0.249 e. The number of hydrogen-bond acceptors (Lipinski definition) is 7. The third kappa shape index (κ3) is 9.07. The number of nitrogens with zero attached hydrogens (tertiary/aromatic N) is 4. The molecule has 2 N–H and O–H groups in total. The lowest BCUT2D eigenvalue weighted by molar-refractivity contribution is -0.117. The number of halogens is 1. The number of anilines is 2. The number of carbonyl (C=O) groups excluding carboxylic acids is 2. The highest BCUT2D eigenvalue weighted by atomic mass is 19.1. The summed E-state index contributed by atoms with van der Waals surface area (Å²) in [4.78, 5) is 26.7. The zero-order valence-corrected chi connectivity index (χ0v) is 21.8. The van der Waals surface area contributed by atoms with Gasteiger partial charge in [-0.15, -0.1) is 5.10 Å². The predicted molar refractivity (Wildman–Crippen MR) is 145 cm³/mol. The summed E-state index contributed by atoms with van der Waals surface area (Å²) in [5.74, 6) is 1.42. The van der Waals surface area contributed by atoms with Crippen molar-refractivity contribution in [2.75, 3.05) is 44.6 Å². The van der Waals surface area contributed by atoms with Crippen molar-refractivity contribution in [3.63, 3.8) is 0 Å². The molecule has 37 heavy (non-hydrogen) atoms. The molecule has 10 heteroatoms. The average molecular weight is 513 g/mol. The summed E-state index contributed by atoms with van der Waals surface area (Å²) < 4.78 is 18.4. The summed E-state index contributed by atoms with van der Waals surface area (Å²) in [6, 6.07) is 12.9. The van der Waals surface area contributed by atoms with Crippen molar-refractivity contribution < 1.29 is 18.7 Å². The molecule has 2 aromatic heterocycles. The van der Waals surface area contributed by atoms with E-state index < -0.39 is 0 Å². The van der Waals surface area contributed by atoms with Crippen LogP contribution in [0.5, 0.6) is 0 Å². The van der Waals surface area contributed by atoms with E-state index in [1.54, 1.807) is 32.4 Å². The topological polar surface area (TPSA) is 101 Å². The van der Waals surface area contributed by atoms with Crippen molar-refractivity contribution in [1.29, 1.82) is 0 Å². The first-order valence-corrected chi connectivity index (χ1v) is 12.1. The van der Waals surface area contributed by atoms with Gasteiger partial charge in [0.15, 0.2) is 5.65 Å². The lowest BCUT2D eigenvalue weighted by Crippen LogP contribution is -2.41. The molecule has 0 bridgehead atoms. The largest absolute Gasteiger partial charge is 0.388 e. The van der Waals surface area contributed by atoms with Crippen LogP contribution in [0, 0.1) is 11.7 Å². The van der Waals surface area contributed by atoms with E-state index in [9.17, 15) is 9.18 Å². The number of hydrogen-bond donors (Lipinski definition) is 2. The summed E-state index contributed by atoms with van der Waals surface area (Å²) in [5, 5.41) is 10.7. The SMILES string of the molecule is C=Cc1cccc(F)c1.C=O.CNC1CCN(c2cccc3nc(NC(=O)C4CC4)nn23)CC1.COC. The Morgan fingerprint density at radius 1 is 1.11 bits per heavy atom. The van der Waals surface area contributed by atoms with Gasteiger partial charge in [-0.05, 0) is 62.6 Å². The number of fused-ring (bicyclic) bond motifs is 1. The highest BCUT2D eigenvalue weighted by Gasteiger charge is 2.30. The minimum Gasteiger partial charge on any atom is -0.388 e. The van der Waals surface area contributed by atoms with Crippen molar-refractivity contribution in [2.24, 2.45) is 5.92 Å². The van der Waals surface area contributed by atoms with E-state index in [4.69, 9.17) is 4.79 Å². The van der Waals surface area contributed by atoms with Crippen molar-refractivity contribution in [3.8, 4) is 0 Å². The molecule has 1 saturated heterocycles. The molecular formula is C27H37FN6O3. The molecule has 0 atom stereocenters. The summed E-state index contributed by atoms with van der Waals surface area (Å²) in [5.41, 5.74) is 1.58. The molecule has 5 rings (SSSR count). The number of amides is 1. The summed E-state index contributed by atoms with van der Waals surface area (Å²) in [7, 11) is 5.27. The van der Waals surface area contributed by atoms with E-state index in [0.29, 0.717) is 12.0 Å². The predicted octanol–water partition coefficient (Wildman–Crippen LogP) is 3.81. The van der Waals surface area contributed by atoms with Crippen LogP contribution in [0.4, 0.5) is 16.2 Å². The van der Waals surface area contributed by atoms with Crippen LogP contribution in [0.1, 0.15) is 31.2 Å². The number of piperidine rings is 1. The van der Waals surface area contributed by atoms with Crippen LogP contribution in [-0.4, -0.2) is 67.7 Å². The number of carbonyl (C=O) groups is 2. The molecule has 0 radical (unpaired) electrons. The Morgan fingerprint density at radius 2 is 1.76 bits per heavy atom. The van der Waals surface area contributed by atoms with Gasteiger partial charge in [-0.25, -0.2) is 4.39 Å². The highest BCUT2D eigenvalue weighted by molar-refractivity contribution is 5.92. The Morgan fingerprint density at radius 3 is 2.30 bits per heavy atom. The smallest absolute Gasteiger partial charge is 0.249 e. The van der Waals surface area contributed by atoms with Crippen molar-refractivity contribution >= 4 is 36.2 Å². The molecule has 1 saturated carbocycles. The first-order chi connectivity index (χ1) is 18.0. The lowest BCUT2D eigenvalue weighted by Gasteiger charge is -2.33. The second-order valence-corrected chi connectivity index (χ2v) is 8.57. The summed E-state index contributed by atoms with van der Waals surface area (Å²) >= 11 is 0. The van der Waals surface area contributed by atoms with E-state index in [-0.39, 0.29) is 17.6 Å². The highest BCUT2D eigenvalue weighted by Crippen LogP contribution is 2.30. The Kier molecular flexibility index (Phi) is 12.4. The zero-order chi connectivity index (χ0) is 27.2. The average Bonchev–Trinajstić information content (AvgIpc) is 3.70. The number of nitrogens with one attached hydrogen (secondary N) is 2. The Labute approximate surface area is 217 Å². The second kappa shape index (κ2) is 15.5. The van der Waals surface area contributed by atoms with Crippen LogP contribution in [0.3, 0.4) is 0 Å². The minimum atomic E-state index is -0.215. The summed E-state index contributed by atoms with van der Waals surface area (Å²) in [6.45, 7) is 7.49. The van der Waals surface area contributed by atoms with E-state index in [1.807, 2.05) is 30.5 Å². The third-order valence-electron chi connectivity index (χ3n) is 5.83. The van der Waals surface area contributed by atoms with E-state index in [1.165, 1.54) is 12.1 Å². The first kappa shape index (κ1) is 29.6. The maximum atomic E-state index is 12.3. The number of pyridine rings is 1. The number of benzene rings is 1. The van der Waals surface area contributed by atoms with Gasteiger partial charge in [0.1, 0.15) is 18.4 Å². The van der Waals surface area contributed by atoms with Crippen LogP contribution < -0.4 is 15.5 Å². The maximum absolute atomic E-state index is 12.3. The summed E-state index contributed by atoms with van der Waals surface area (Å²) in [6.07, 6.45) is 5.80. The second-order valence-electron chi connectivity index (χ2n) is 8.57. The first-order valence-electron chi connectivity index (χ1n) is 12.1. The van der Waals surface area contributed by atoms with Gasteiger partial charge >= 0.3 is 0 Å². The Balaban J connectivity index is 0.000000287. The number of aromatic nitrogens is 3. The molecule has 200 valence electrons. The normalized spacial score (nSPS) is 14.8. The molecule has 1 aliphatic carbocycles. The van der Waals surface area contributed by atoms with Crippen molar-refractivity contribution in [3.05, 3.63) is 60.4 Å². The van der Waals surface area contributed by atoms with Crippen LogP contribution in [0.2, 0.25) is 0 Å². The molecule has 0 spiro atoms. The molecule has 3 aromatic rings. The van der Waals surface area contributed by atoms with Crippen molar-refractivity contribution in [1.82, 2.24) is 19.9 Å². The molecule has 2 aliphatic rings. The van der Waals surface area contributed by atoms with Gasteiger partial charge in [0.2, 0.25) is 11.9 Å².